The maximum absolute atomic E-state index is 5.51. The van der Waals surface area contributed by atoms with Gasteiger partial charge in [-0.15, -0.1) is 12.8 Å². The van der Waals surface area contributed by atoms with Crippen molar-refractivity contribution in [2.24, 2.45) is 0 Å². The molecule has 27 heavy (non-hydrogen) atoms. The van der Waals surface area contributed by atoms with Crippen LogP contribution in [-0.4, -0.2) is 30.2 Å². The van der Waals surface area contributed by atoms with Gasteiger partial charge in [0.05, 0.1) is 0 Å². The van der Waals surface area contributed by atoms with Crippen molar-refractivity contribution in [1.82, 2.24) is 0 Å². The predicted octanol–water partition coefficient (Wildman–Crippen LogP) is -1.08. The summed E-state index contributed by atoms with van der Waals surface area (Å²) in [7, 11) is -2.84. The van der Waals surface area contributed by atoms with E-state index in [0.717, 1.165) is 24.4 Å². The van der Waals surface area contributed by atoms with Crippen LogP contribution in [0.3, 0.4) is 0 Å². The molecule has 0 fully saturated rings. The van der Waals surface area contributed by atoms with Crippen LogP contribution in [0, 0.1) is 12.2 Å². The van der Waals surface area contributed by atoms with Crippen LogP contribution in [0.1, 0.15) is 12.8 Å². The minimum Gasteiger partial charge on any atom is -1.00 e. The molecule has 0 aliphatic heterocycles. The van der Waals surface area contributed by atoms with E-state index in [1.54, 1.807) is 0 Å². The molecule has 2 aliphatic carbocycles. The van der Waals surface area contributed by atoms with Crippen LogP contribution in [0.5, 0.6) is 0 Å². The maximum atomic E-state index is 5.51. The SMILES string of the molecule is C[Si](C)(C)OCOC1=[C-]CC=C1.C[Si](C)(C)OCOC1=[C-]CC=C1.[Cl-].[Cl-].[Zr+4]. The maximum Gasteiger partial charge on any atom is 4.00 e. The molecule has 4 nitrogen and oxygen atoms in total. The molecule has 0 spiro atoms. The van der Waals surface area contributed by atoms with E-state index in [0.29, 0.717) is 13.6 Å². The number of halogens is 2. The van der Waals surface area contributed by atoms with Gasteiger partial charge in [-0.1, -0.05) is 0 Å². The molecule has 152 valence electrons. The molecule has 0 aromatic carbocycles. The van der Waals surface area contributed by atoms with Crippen LogP contribution >= 0.6 is 0 Å². The molecular weight excluding hydrogens is 498 g/mol. The normalized spacial score (nSPS) is 14.6. The van der Waals surface area contributed by atoms with Crippen molar-refractivity contribution in [3.05, 3.63) is 48.0 Å². The van der Waals surface area contributed by atoms with Gasteiger partial charge in [0.2, 0.25) is 0 Å². The molecule has 2 aliphatic rings. The van der Waals surface area contributed by atoms with Crippen molar-refractivity contribution in [3.8, 4) is 0 Å². The van der Waals surface area contributed by atoms with E-state index in [4.69, 9.17) is 18.3 Å². The van der Waals surface area contributed by atoms with Crippen molar-refractivity contribution in [2.75, 3.05) is 13.6 Å². The number of rotatable bonds is 8. The average Bonchev–Trinajstić information content (AvgIpc) is 3.09. The molecule has 0 N–H and O–H groups in total. The zero-order chi connectivity index (χ0) is 18.1. The first-order valence-corrected chi connectivity index (χ1v) is 15.1. The molecule has 0 heterocycles. The largest absolute Gasteiger partial charge is 4.00 e. The van der Waals surface area contributed by atoms with Crippen molar-refractivity contribution >= 4 is 16.6 Å². The van der Waals surface area contributed by atoms with Crippen LogP contribution in [-0.2, 0) is 44.5 Å². The van der Waals surface area contributed by atoms with Crippen molar-refractivity contribution in [2.45, 2.75) is 52.1 Å². The standard InChI is InChI=1S/2C9H15O2Si.2ClH.Zr/c2*1-12(2,3)11-8-10-9-6-4-5-7-9;;;/h2*4,6H,5,8H2,1-3H3;2*1H;/q2*-1;;;+4/p-2. The Kier molecular flexibility index (Phi) is 19.2. The van der Waals surface area contributed by atoms with Gasteiger partial charge in [-0.25, -0.2) is 12.2 Å². The summed E-state index contributed by atoms with van der Waals surface area (Å²) >= 11 is 0. The Labute approximate surface area is 198 Å². The molecule has 0 saturated heterocycles. The van der Waals surface area contributed by atoms with Gasteiger partial charge < -0.3 is 43.1 Å². The minimum absolute atomic E-state index is 0. The Morgan fingerprint density at radius 2 is 1.07 bits per heavy atom. The molecule has 2 rings (SSSR count). The Morgan fingerprint density at radius 1 is 0.741 bits per heavy atom. The van der Waals surface area contributed by atoms with E-state index in [9.17, 15) is 0 Å². The summed E-state index contributed by atoms with van der Waals surface area (Å²) < 4.78 is 21.6. The second-order valence-corrected chi connectivity index (χ2v) is 16.4. The summed E-state index contributed by atoms with van der Waals surface area (Å²) in [6.45, 7) is 13.6. The predicted molar refractivity (Wildman–Crippen MR) is 102 cm³/mol. The van der Waals surface area contributed by atoms with Crippen molar-refractivity contribution in [1.29, 1.82) is 0 Å². The van der Waals surface area contributed by atoms with Gasteiger partial charge in [0, 0.05) is 0 Å². The first-order chi connectivity index (χ1) is 11.2. The molecule has 0 aromatic rings. The van der Waals surface area contributed by atoms with Crippen molar-refractivity contribution in [3.63, 3.8) is 0 Å². The number of hydrogen-bond donors (Lipinski definition) is 0. The van der Waals surface area contributed by atoms with Crippen LogP contribution in [0.15, 0.2) is 35.8 Å². The second kappa shape index (κ2) is 16.2. The molecule has 0 bridgehead atoms. The Bertz CT molecular complexity index is 464. The summed E-state index contributed by atoms with van der Waals surface area (Å²) in [5, 5.41) is 0. The first-order valence-electron chi connectivity index (χ1n) is 8.24. The molecule has 0 radical (unpaired) electrons. The summed E-state index contributed by atoms with van der Waals surface area (Å²) in [4.78, 5) is 0. The van der Waals surface area contributed by atoms with E-state index in [1.807, 2.05) is 24.3 Å². The summed E-state index contributed by atoms with van der Waals surface area (Å²) in [5.74, 6) is 1.63. The van der Waals surface area contributed by atoms with Crippen molar-refractivity contribution < 1.29 is 69.3 Å². The quantitative estimate of drug-likeness (QED) is 0.228. The van der Waals surface area contributed by atoms with Gasteiger partial charge >= 0.3 is 26.2 Å². The van der Waals surface area contributed by atoms with E-state index in [2.05, 4.69) is 51.4 Å². The summed E-state index contributed by atoms with van der Waals surface area (Å²) in [5.41, 5.74) is 0. The Balaban J connectivity index is -0.000000384. The molecule has 0 saturated carbocycles. The second-order valence-electron chi connectivity index (χ2n) is 7.33. The summed E-state index contributed by atoms with van der Waals surface area (Å²) in [6.07, 6.45) is 15.7. The first kappa shape index (κ1) is 32.1. The molecule has 0 amide bonds. The minimum atomic E-state index is -1.42. The van der Waals surface area contributed by atoms with Gasteiger partial charge in [0.1, 0.15) is 0 Å². The molecular formula is C18H30Cl2O4Si2Zr. The van der Waals surface area contributed by atoms with Gasteiger partial charge in [0.25, 0.3) is 0 Å². The third-order valence-corrected chi connectivity index (χ3v) is 4.71. The van der Waals surface area contributed by atoms with Gasteiger partial charge in [-0.05, 0) is 50.8 Å². The fourth-order valence-electron chi connectivity index (χ4n) is 1.51. The van der Waals surface area contributed by atoms with Crippen LogP contribution in [0.4, 0.5) is 0 Å². The topological polar surface area (TPSA) is 36.9 Å². The zero-order valence-corrected chi connectivity index (χ0v) is 23.0. The van der Waals surface area contributed by atoms with Gasteiger partial charge in [0.15, 0.2) is 30.2 Å². The Morgan fingerprint density at radius 3 is 1.30 bits per heavy atom. The van der Waals surface area contributed by atoms with E-state index in [-0.39, 0.29) is 51.0 Å². The number of ether oxygens (including phenoxy) is 2. The molecule has 0 unspecified atom stereocenters. The van der Waals surface area contributed by atoms with E-state index < -0.39 is 16.6 Å². The zero-order valence-electron chi connectivity index (χ0n) is 17.0. The molecule has 9 heteroatoms. The van der Waals surface area contributed by atoms with Gasteiger partial charge in [-0.2, -0.15) is 24.3 Å². The third-order valence-electron chi connectivity index (χ3n) is 2.74. The monoisotopic (exact) mass is 526 g/mol. The number of hydrogen-bond acceptors (Lipinski definition) is 4. The van der Waals surface area contributed by atoms with Crippen LogP contribution in [0.2, 0.25) is 39.3 Å². The van der Waals surface area contributed by atoms with E-state index >= 15 is 0 Å². The summed E-state index contributed by atoms with van der Waals surface area (Å²) in [6, 6.07) is 0. The average molecular weight is 529 g/mol. The van der Waals surface area contributed by atoms with Crippen LogP contribution < -0.4 is 24.8 Å². The van der Waals surface area contributed by atoms with Crippen LogP contribution in [0.25, 0.3) is 0 Å². The van der Waals surface area contributed by atoms with E-state index in [1.165, 1.54) is 0 Å². The Hall–Kier alpha value is 0.377. The van der Waals surface area contributed by atoms with Gasteiger partial charge in [-0.3, -0.25) is 0 Å². The fraction of sp³-hybridized carbons (Fsp3) is 0.556. The molecule has 0 aromatic heterocycles. The third kappa shape index (κ3) is 19.5. The fourth-order valence-corrected chi connectivity index (χ4v) is 2.33. The smallest absolute Gasteiger partial charge is 1.00 e. The number of allylic oxidation sites excluding steroid dienone is 6. The molecule has 0 atom stereocenters.